The largest absolute Gasteiger partial charge is 0.465 e. The molecule has 1 aromatic rings. The second-order valence-electron chi connectivity index (χ2n) is 3.13. The summed E-state index contributed by atoms with van der Waals surface area (Å²) in [5.74, 6) is 0. The van der Waals surface area contributed by atoms with Gasteiger partial charge < -0.3 is 5.11 Å². The van der Waals surface area contributed by atoms with E-state index in [9.17, 15) is 9.59 Å². The molecule has 15 heavy (non-hydrogen) atoms. The van der Waals surface area contributed by atoms with E-state index in [1.54, 1.807) is 24.3 Å². The quantitative estimate of drug-likeness (QED) is 0.732. The normalized spacial score (nSPS) is 15.7. The molecule has 2 rings (SSSR count). The molecule has 0 spiro atoms. The fourth-order valence-corrected chi connectivity index (χ4v) is 2.33. The zero-order chi connectivity index (χ0) is 10.8. The summed E-state index contributed by atoms with van der Waals surface area (Å²) in [4.78, 5) is 24.3. The zero-order valence-corrected chi connectivity index (χ0v) is 8.66. The molecule has 0 unspecified atom stereocenters. The van der Waals surface area contributed by atoms with Crippen LogP contribution in [-0.2, 0) is 4.79 Å². The first-order chi connectivity index (χ1) is 7.18. The average Bonchev–Trinajstić information content (AvgIpc) is 2.35. The third-order valence-electron chi connectivity index (χ3n) is 2.15. The van der Waals surface area contributed by atoms with Crippen molar-refractivity contribution in [1.82, 2.24) is 0 Å². The molecule has 78 valence electrons. The molecular formula is C10H9NO3S. The predicted molar refractivity (Wildman–Crippen MR) is 57.3 cm³/mol. The third kappa shape index (κ3) is 1.97. The van der Waals surface area contributed by atoms with Gasteiger partial charge in [-0.05, 0) is 23.9 Å². The first kappa shape index (κ1) is 10.0. The smallest absolute Gasteiger partial charge is 0.411 e. The highest BCUT2D eigenvalue weighted by molar-refractivity contribution is 8.13. The summed E-state index contributed by atoms with van der Waals surface area (Å²) in [6.45, 7) is 0.234. The Morgan fingerprint density at radius 2 is 2.13 bits per heavy atom. The number of rotatable bonds is 0. The number of carbonyl (C=O) groups excluding carboxylic acids is 1. The molecule has 0 aliphatic carbocycles. The molecule has 0 saturated heterocycles. The second-order valence-corrected chi connectivity index (χ2v) is 4.23. The summed E-state index contributed by atoms with van der Waals surface area (Å²) in [7, 11) is 0. The van der Waals surface area contributed by atoms with E-state index in [2.05, 4.69) is 0 Å². The van der Waals surface area contributed by atoms with Crippen molar-refractivity contribution in [3.8, 4) is 0 Å². The number of carboxylic acid groups (broad SMARTS) is 1. The molecule has 1 amide bonds. The minimum absolute atomic E-state index is 0.00574. The lowest BCUT2D eigenvalue weighted by Gasteiger charge is -2.17. The minimum Gasteiger partial charge on any atom is -0.465 e. The molecule has 1 N–H and O–H groups in total. The van der Waals surface area contributed by atoms with Crippen LogP contribution < -0.4 is 4.90 Å². The van der Waals surface area contributed by atoms with E-state index in [-0.39, 0.29) is 18.1 Å². The van der Waals surface area contributed by atoms with Gasteiger partial charge in [-0.3, -0.25) is 9.69 Å². The van der Waals surface area contributed by atoms with Gasteiger partial charge in [0.05, 0.1) is 5.69 Å². The van der Waals surface area contributed by atoms with Crippen LogP contribution in [0.15, 0.2) is 29.2 Å². The first-order valence-corrected chi connectivity index (χ1v) is 5.30. The van der Waals surface area contributed by atoms with Crippen molar-refractivity contribution < 1.29 is 14.7 Å². The maximum absolute atomic E-state index is 11.4. The van der Waals surface area contributed by atoms with Crippen molar-refractivity contribution in [1.29, 1.82) is 0 Å². The molecule has 0 aromatic heterocycles. The third-order valence-corrected chi connectivity index (χ3v) is 3.15. The number of para-hydroxylation sites is 1. The van der Waals surface area contributed by atoms with E-state index in [0.29, 0.717) is 10.6 Å². The molecule has 0 bridgehead atoms. The number of nitrogens with zero attached hydrogens (tertiary/aromatic N) is 1. The van der Waals surface area contributed by atoms with Crippen LogP contribution in [-0.4, -0.2) is 22.9 Å². The summed E-state index contributed by atoms with van der Waals surface area (Å²) in [6, 6.07) is 7.05. The zero-order valence-electron chi connectivity index (χ0n) is 7.84. The van der Waals surface area contributed by atoms with Gasteiger partial charge in [-0.25, -0.2) is 4.79 Å². The Kier molecular flexibility index (Phi) is 2.64. The van der Waals surface area contributed by atoms with Crippen molar-refractivity contribution in [3.63, 3.8) is 0 Å². The Morgan fingerprint density at radius 1 is 1.40 bits per heavy atom. The standard InChI is InChI=1S/C10H9NO3S/c12-9-5-6-11(10(13)14)7-3-1-2-4-8(7)15-9/h1-4H,5-6H2,(H,13,14). The van der Waals surface area contributed by atoms with E-state index >= 15 is 0 Å². The molecule has 4 nitrogen and oxygen atoms in total. The van der Waals surface area contributed by atoms with E-state index in [1.165, 1.54) is 4.90 Å². The van der Waals surface area contributed by atoms with E-state index < -0.39 is 6.09 Å². The summed E-state index contributed by atoms with van der Waals surface area (Å²) in [5.41, 5.74) is 0.598. The first-order valence-electron chi connectivity index (χ1n) is 4.48. The number of fused-ring (bicyclic) bond motifs is 1. The van der Waals surface area contributed by atoms with Crippen molar-refractivity contribution in [3.05, 3.63) is 24.3 Å². The summed E-state index contributed by atoms with van der Waals surface area (Å²) in [6.07, 6.45) is -0.760. The van der Waals surface area contributed by atoms with Gasteiger partial charge in [-0.1, -0.05) is 12.1 Å². The van der Waals surface area contributed by atoms with Crippen molar-refractivity contribution in [2.24, 2.45) is 0 Å². The molecule has 1 aliphatic heterocycles. The average molecular weight is 223 g/mol. The second kappa shape index (κ2) is 3.94. The summed E-state index contributed by atoms with van der Waals surface area (Å²) in [5, 5.41) is 9.01. The molecule has 0 saturated carbocycles. The highest BCUT2D eigenvalue weighted by atomic mass is 32.2. The van der Waals surface area contributed by atoms with E-state index in [4.69, 9.17) is 5.11 Å². The minimum atomic E-state index is -1.02. The fraction of sp³-hybridized carbons (Fsp3) is 0.200. The number of benzene rings is 1. The number of thioether (sulfide) groups is 1. The van der Waals surface area contributed by atoms with Gasteiger partial charge in [0.1, 0.15) is 0 Å². The van der Waals surface area contributed by atoms with Crippen molar-refractivity contribution in [2.45, 2.75) is 11.3 Å². The summed E-state index contributed by atoms with van der Waals surface area (Å²) < 4.78 is 0. The van der Waals surface area contributed by atoms with Crippen LogP contribution in [0.5, 0.6) is 0 Å². The molecule has 0 radical (unpaired) electrons. The lowest BCUT2D eigenvalue weighted by atomic mass is 10.3. The Labute approximate surface area is 90.9 Å². The van der Waals surface area contributed by atoms with E-state index in [1.807, 2.05) is 0 Å². The molecule has 0 atom stereocenters. The van der Waals surface area contributed by atoms with Crippen LogP contribution in [0, 0.1) is 0 Å². The Bertz CT molecular complexity index is 419. The molecule has 1 aliphatic rings. The van der Waals surface area contributed by atoms with Gasteiger partial charge in [-0.2, -0.15) is 0 Å². The van der Waals surface area contributed by atoms with Gasteiger partial charge in [0, 0.05) is 17.9 Å². The lowest BCUT2D eigenvalue weighted by molar-refractivity contribution is -0.110. The molecule has 1 aromatic carbocycles. The molecule has 1 heterocycles. The fourth-order valence-electron chi connectivity index (χ4n) is 1.46. The van der Waals surface area contributed by atoms with Crippen molar-refractivity contribution in [2.75, 3.05) is 11.4 Å². The van der Waals surface area contributed by atoms with Crippen molar-refractivity contribution >= 4 is 28.7 Å². The summed E-state index contributed by atoms with van der Waals surface area (Å²) >= 11 is 1.11. The highest BCUT2D eigenvalue weighted by Crippen LogP contribution is 2.34. The lowest BCUT2D eigenvalue weighted by Crippen LogP contribution is -2.30. The number of hydrogen-bond donors (Lipinski definition) is 1. The molecule has 0 fully saturated rings. The molecule has 5 heteroatoms. The Balaban J connectivity index is 2.46. The van der Waals surface area contributed by atoms with E-state index in [0.717, 1.165) is 11.8 Å². The van der Waals surface area contributed by atoms with Gasteiger partial charge >= 0.3 is 6.09 Å². The number of anilines is 1. The van der Waals surface area contributed by atoms with Gasteiger partial charge in [0.25, 0.3) is 0 Å². The van der Waals surface area contributed by atoms with Gasteiger partial charge in [0.2, 0.25) is 0 Å². The Hall–Kier alpha value is -1.49. The monoisotopic (exact) mass is 223 g/mol. The predicted octanol–water partition coefficient (Wildman–Crippen LogP) is 2.19. The highest BCUT2D eigenvalue weighted by Gasteiger charge is 2.23. The van der Waals surface area contributed by atoms with Crippen LogP contribution in [0.1, 0.15) is 6.42 Å². The van der Waals surface area contributed by atoms with Crippen LogP contribution >= 0.6 is 11.8 Å². The van der Waals surface area contributed by atoms with Gasteiger partial charge in [-0.15, -0.1) is 0 Å². The van der Waals surface area contributed by atoms with Gasteiger partial charge in [0.15, 0.2) is 5.12 Å². The SMILES string of the molecule is O=C1CCN(C(=O)O)c2ccccc2S1. The number of hydrogen-bond acceptors (Lipinski definition) is 3. The number of carbonyl (C=O) groups is 2. The van der Waals surface area contributed by atoms with Crippen LogP contribution in [0.4, 0.5) is 10.5 Å². The van der Waals surface area contributed by atoms with Crippen LogP contribution in [0.25, 0.3) is 0 Å². The van der Waals surface area contributed by atoms with Crippen LogP contribution in [0.3, 0.4) is 0 Å². The molecular weight excluding hydrogens is 214 g/mol. The maximum atomic E-state index is 11.4. The Morgan fingerprint density at radius 3 is 2.87 bits per heavy atom. The maximum Gasteiger partial charge on any atom is 0.411 e. The van der Waals surface area contributed by atoms with Crippen LogP contribution in [0.2, 0.25) is 0 Å². The number of amides is 1. The topological polar surface area (TPSA) is 57.6 Å².